The van der Waals surface area contributed by atoms with Crippen molar-refractivity contribution < 1.29 is 5.11 Å². The van der Waals surface area contributed by atoms with Crippen molar-refractivity contribution >= 4 is 0 Å². The van der Waals surface area contributed by atoms with Crippen LogP contribution in [0.1, 0.15) is 119 Å². The Labute approximate surface area is 188 Å². The molecule has 0 saturated heterocycles. The number of aliphatic hydroxyl groups is 1. The molecule has 4 aliphatic rings. The van der Waals surface area contributed by atoms with Crippen LogP contribution in [-0.2, 0) is 0 Å². The van der Waals surface area contributed by atoms with E-state index in [1.165, 1.54) is 64.2 Å². The van der Waals surface area contributed by atoms with E-state index in [4.69, 9.17) is 0 Å². The van der Waals surface area contributed by atoms with Crippen LogP contribution in [0.25, 0.3) is 0 Å². The summed E-state index contributed by atoms with van der Waals surface area (Å²) in [6.07, 6.45) is 16.5. The molecule has 30 heavy (non-hydrogen) atoms. The van der Waals surface area contributed by atoms with Crippen LogP contribution in [0.15, 0.2) is 0 Å². The maximum atomic E-state index is 10.3. The van der Waals surface area contributed by atoms with Crippen LogP contribution in [-0.4, -0.2) is 11.2 Å². The van der Waals surface area contributed by atoms with Gasteiger partial charge >= 0.3 is 0 Å². The topological polar surface area (TPSA) is 20.2 Å². The highest BCUT2D eigenvalue weighted by Gasteiger charge is 2.60. The Kier molecular flexibility index (Phi) is 6.72. The summed E-state index contributed by atoms with van der Waals surface area (Å²) in [5.74, 6) is 7.34. The molecule has 0 spiro atoms. The van der Waals surface area contributed by atoms with E-state index in [2.05, 4.69) is 41.5 Å². The van der Waals surface area contributed by atoms with E-state index in [0.29, 0.717) is 10.8 Å². The van der Waals surface area contributed by atoms with Gasteiger partial charge in [-0.1, -0.05) is 54.4 Å². The molecule has 4 rings (SSSR count). The number of hydrogen-bond donors (Lipinski definition) is 1. The molecule has 10 atom stereocenters. The van der Waals surface area contributed by atoms with Crippen LogP contribution < -0.4 is 0 Å². The third-order valence-corrected chi connectivity index (χ3v) is 11.9. The molecule has 0 amide bonds. The molecule has 4 saturated carbocycles. The molecular weight excluding hydrogens is 364 g/mol. The first-order valence-corrected chi connectivity index (χ1v) is 13.9. The standard InChI is InChI=1S/C29H52O/c1-7-21(19(2)3)9-8-20(4)25-12-13-26-24-11-10-22-18-23(30)14-16-28(22,5)27(24)15-17-29(25,26)6/h19-27,30H,7-18H2,1-6H3/t20-,21-,22+,23?,24+,25-,26+,27+,28+,29-/m1/s1. The van der Waals surface area contributed by atoms with Gasteiger partial charge in [-0.15, -0.1) is 0 Å². The Balaban J connectivity index is 1.45. The fourth-order valence-corrected chi connectivity index (χ4v) is 9.90. The van der Waals surface area contributed by atoms with Crippen molar-refractivity contribution in [2.45, 2.75) is 125 Å². The summed E-state index contributed by atoms with van der Waals surface area (Å²) < 4.78 is 0. The zero-order valence-corrected chi connectivity index (χ0v) is 21.1. The lowest BCUT2D eigenvalue weighted by atomic mass is 9.44. The van der Waals surface area contributed by atoms with Crippen molar-refractivity contribution in [3.05, 3.63) is 0 Å². The summed E-state index contributed by atoms with van der Waals surface area (Å²) >= 11 is 0. The largest absolute Gasteiger partial charge is 0.393 e. The SMILES string of the molecule is CC[C@H](CC[C@@H](C)[C@H]1CC[C@H]2[C@@H]3CC[C@H]4CC(O)CC[C@]4(C)[C@H]3CC[C@]12C)C(C)C. The first kappa shape index (κ1) is 23.1. The first-order valence-electron chi connectivity index (χ1n) is 13.9. The van der Waals surface area contributed by atoms with E-state index in [1.54, 1.807) is 0 Å². The molecule has 0 radical (unpaired) electrons. The molecule has 0 heterocycles. The second kappa shape index (κ2) is 8.72. The van der Waals surface area contributed by atoms with Crippen LogP contribution in [0.5, 0.6) is 0 Å². The Morgan fingerprint density at radius 1 is 0.833 bits per heavy atom. The summed E-state index contributed by atoms with van der Waals surface area (Å²) in [4.78, 5) is 0. The summed E-state index contributed by atoms with van der Waals surface area (Å²) in [7, 11) is 0. The predicted octanol–water partition coefficient (Wildman–Crippen LogP) is 8.10. The van der Waals surface area contributed by atoms with Crippen LogP contribution in [0.3, 0.4) is 0 Å². The summed E-state index contributed by atoms with van der Waals surface area (Å²) in [6, 6.07) is 0. The third-order valence-electron chi connectivity index (χ3n) is 11.9. The van der Waals surface area contributed by atoms with Crippen molar-refractivity contribution in [1.82, 2.24) is 0 Å². The van der Waals surface area contributed by atoms with Gasteiger partial charge in [0.15, 0.2) is 0 Å². The minimum Gasteiger partial charge on any atom is -0.393 e. The van der Waals surface area contributed by atoms with Gasteiger partial charge in [-0.2, -0.15) is 0 Å². The van der Waals surface area contributed by atoms with Gasteiger partial charge in [0.25, 0.3) is 0 Å². The smallest absolute Gasteiger partial charge is 0.0543 e. The van der Waals surface area contributed by atoms with Crippen LogP contribution in [0.4, 0.5) is 0 Å². The Morgan fingerprint density at radius 2 is 1.53 bits per heavy atom. The lowest BCUT2D eigenvalue weighted by Crippen LogP contribution is -2.54. The third kappa shape index (κ3) is 3.82. The van der Waals surface area contributed by atoms with Crippen molar-refractivity contribution in [2.24, 2.45) is 58.2 Å². The van der Waals surface area contributed by atoms with Crippen molar-refractivity contribution in [1.29, 1.82) is 0 Å². The lowest BCUT2D eigenvalue weighted by Gasteiger charge is -2.61. The molecule has 0 aromatic carbocycles. The maximum absolute atomic E-state index is 10.3. The molecule has 0 aromatic rings. The zero-order valence-electron chi connectivity index (χ0n) is 21.1. The molecule has 0 bridgehead atoms. The summed E-state index contributed by atoms with van der Waals surface area (Å²) in [6.45, 7) is 15.2. The Hall–Kier alpha value is -0.0400. The van der Waals surface area contributed by atoms with Gasteiger partial charge in [-0.05, 0) is 122 Å². The number of hydrogen-bond acceptors (Lipinski definition) is 1. The molecule has 1 unspecified atom stereocenters. The van der Waals surface area contributed by atoms with E-state index in [-0.39, 0.29) is 6.10 Å². The van der Waals surface area contributed by atoms with Gasteiger partial charge in [0.05, 0.1) is 6.10 Å². The van der Waals surface area contributed by atoms with Crippen LogP contribution in [0.2, 0.25) is 0 Å². The fraction of sp³-hybridized carbons (Fsp3) is 1.00. The zero-order chi connectivity index (χ0) is 21.7. The monoisotopic (exact) mass is 416 g/mol. The first-order chi connectivity index (χ1) is 14.2. The highest BCUT2D eigenvalue weighted by atomic mass is 16.3. The molecule has 0 aromatic heterocycles. The van der Waals surface area contributed by atoms with Crippen LogP contribution in [0, 0.1) is 58.2 Å². The average Bonchev–Trinajstić information content (AvgIpc) is 3.06. The highest BCUT2D eigenvalue weighted by molar-refractivity contribution is 5.09. The Morgan fingerprint density at radius 3 is 2.23 bits per heavy atom. The van der Waals surface area contributed by atoms with Gasteiger partial charge in [0.2, 0.25) is 0 Å². The number of fused-ring (bicyclic) bond motifs is 5. The molecule has 1 heteroatoms. The quantitative estimate of drug-likeness (QED) is 0.463. The molecular formula is C29H52O. The molecule has 0 aliphatic heterocycles. The average molecular weight is 417 g/mol. The minimum atomic E-state index is -0.0111. The van der Waals surface area contributed by atoms with E-state index in [0.717, 1.165) is 60.2 Å². The van der Waals surface area contributed by atoms with Crippen LogP contribution >= 0.6 is 0 Å². The Bertz CT molecular complexity index is 583. The van der Waals surface area contributed by atoms with Crippen molar-refractivity contribution in [3.63, 3.8) is 0 Å². The van der Waals surface area contributed by atoms with E-state index in [1.807, 2.05) is 0 Å². The van der Waals surface area contributed by atoms with Crippen molar-refractivity contribution in [2.75, 3.05) is 0 Å². The summed E-state index contributed by atoms with van der Waals surface area (Å²) in [5, 5.41) is 10.3. The van der Waals surface area contributed by atoms with Gasteiger partial charge in [-0.25, -0.2) is 0 Å². The molecule has 4 aliphatic carbocycles. The van der Waals surface area contributed by atoms with Gasteiger partial charge in [0.1, 0.15) is 0 Å². The normalized spacial score (nSPS) is 48.0. The molecule has 1 nitrogen and oxygen atoms in total. The van der Waals surface area contributed by atoms with Gasteiger partial charge in [0, 0.05) is 0 Å². The molecule has 4 fully saturated rings. The molecule has 1 N–H and O–H groups in total. The predicted molar refractivity (Wildman–Crippen MR) is 128 cm³/mol. The number of rotatable bonds is 6. The van der Waals surface area contributed by atoms with E-state index >= 15 is 0 Å². The van der Waals surface area contributed by atoms with Crippen molar-refractivity contribution in [3.8, 4) is 0 Å². The van der Waals surface area contributed by atoms with Gasteiger partial charge in [-0.3, -0.25) is 0 Å². The second-order valence-electron chi connectivity index (χ2n) is 13.3. The minimum absolute atomic E-state index is 0.0111. The van der Waals surface area contributed by atoms with E-state index in [9.17, 15) is 5.11 Å². The number of aliphatic hydroxyl groups excluding tert-OH is 1. The maximum Gasteiger partial charge on any atom is 0.0543 e. The summed E-state index contributed by atoms with van der Waals surface area (Å²) in [5.41, 5.74) is 1.14. The second-order valence-corrected chi connectivity index (χ2v) is 13.3. The molecule has 174 valence electrons. The fourth-order valence-electron chi connectivity index (χ4n) is 9.90. The van der Waals surface area contributed by atoms with E-state index < -0.39 is 0 Å². The van der Waals surface area contributed by atoms with Gasteiger partial charge < -0.3 is 5.11 Å². The highest BCUT2D eigenvalue weighted by Crippen LogP contribution is 2.68. The lowest BCUT2D eigenvalue weighted by molar-refractivity contribution is -0.129.